The number of carbonyl (C=O) groups is 1. The van der Waals surface area contributed by atoms with E-state index in [-0.39, 0.29) is 5.78 Å². The highest BCUT2D eigenvalue weighted by Gasteiger charge is 2.17. The summed E-state index contributed by atoms with van der Waals surface area (Å²) >= 11 is 0. The Kier molecular flexibility index (Phi) is 3.60. The number of hydrogen-bond acceptors (Lipinski definition) is 3. The summed E-state index contributed by atoms with van der Waals surface area (Å²) in [7, 11) is 0. The number of ketones is 1. The first kappa shape index (κ1) is 13.6. The first-order chi connectivity index (χ1) is 10.2. The number of Topliss-reactive ketones (excluding diaryl/α,β-unsaturated/α-hetero) is 1. The SMILES string of the molecule is CCCn1c(CC(=O)c2ccoc2C)nc2ccccc21. The first-order valence-corrected chi connectivity index (χ1v) is 7.22. The molecule has 0 aliphatic rings. The maximum atomic E-state index is 12.4. The van der Waals surface area contributed by atoms with E-state index in [1.165, 1.54) is 0 Å². The zero-order valence-corrected chi connectivity index (χ0v) is 12.3. The lowest BCUT2D eigenvalue weighted by Gasteiger charge is -2.07. The van der Waals surface area contributed by atoms with Crippen molar-refractivity contribution in [2.45, 2.75) is 33.2 Å². The molecule has 0 fully saturated rings. The molecule has 0 aliphatic carbocycles. The molecule has 4 nitrogen and oxygen atoms in total. The van der Waals surface area contributed by atoms with Gasteiger partial charge in [-0.3, -0.25) is 4.79 Å². The van der Waals surface area contributed by atoms with Gasteiger partial charge in [-0.25, -0.2) is 4.98 Å². The Balaban J connectivity index is 1.98. The second-order valence-electron chi connectivity index (χ2n) is 5.16. The largest absolute Gasteiger partial charge is 0.469 e. The average Bonchev–Trinajstić information content (AvgIpc) is 3.04. The van der Waals surface area contributed by atoms with Gasteiger partial charge in [0.15, 0.2) is 5.78 Å². The molecule has 0 unspecified atom stereocenters. The van der Waals surface area contributed by atoms with Crippen molar-refractivity contribution in [1.82, 2.24) is 9.55 Å². The van der Waals surface area contributed by atoms with E-state index in [0.717, 1.165) is 29.8 Å². The lowest BCUT2D eigenvalue weighted by molar-refractivity contribution is 0.0988. The zero-order valence-electron chi connectivity index (χ0n) is 12.3. The predicted octanol–water partition coefficient (Wildman–Crippen LogP) is 3.77. The molecule has 2 heterocycles. The van der Waals surface area contributed by atoms with Crippen LogP contribution in [0.2, 0.25) is 0 Å². The molecule has 108 valence electrons. The Hall–Kier alpha value is -2.36. The second-order valence-corrected chi connectivity index (χ2v) is 5.16. The third-order valence-corrected chi connectivity index (χ3v) is 3.66. The summed E-state index contributed by atoms with van der Waals surface area (Å²) in [6, 6.07) is 9.73. The summed E-state index contributed by atoms with van der Waals surface area (Å²) in [5.74, 6) is 1.54. The highest BCUT2D eigenvalue weighted by Crippen LogP contribution is 2.19. The lowest BCUT2D eigenvalue weighted by Crippen LogP contribution is -2.10. The molecule has 21 heavy (non-hydrogen) atoms. The van der Waals surface area contributed by atoms with Gasteiger partial charge in [-0.1, -0.05) is 19.1 Å². The van der Waals surface area contributed by atoms with Gasteiger partial charge in [-0.05, 0) is 31.5 Å². The molecule has 0 radical (unpaired) electrons. The molecule has 0 bridgehead atoms. The normalized spacial score (nSPS) is 11.1. The number of aromatic nitrogens is 2. The molecule has 0 saturated heterocycles. The molecule has 3 aromatic rings. The van der Waals surface area contributed by atoms with Crippen molar-refractivity contribution in [3.05, 3.63) is 53.7 Å². The highest BCUT2D eigenvalue weighted by atomic mass is 16.3. The average molecular weight is 282 g/mol. The smallest absolute Gasteiger partial charge is 0.173 e. The van der Waals surface area contributed by atoms with Crippen molar-refractivity contribution >= 4 is 16.8 Å². The van der Waals surface area contributed by atoms with Gasteiger partial charge in [0.2, 0.25) is 0 Å². The molecule has 1 aromatic carbocycles. The van der Waals surface area contributed by atoms with E-state index in [0.29, 0.717) is 17.7 Å². The van der Waals surface area contributed by atoms with Gasteiger partial charge in [0.05, 0.1) is 29.3 Å². The van der Waals surface area contributed by atoms with Crippen LogP contribution in [0.4, 0.5) is 0 Å². The number of rotatable bonds is 5. The third-order valence-electron chi connectivity index (χ3n) is 3.66. The van der Waals surface area contributed by atoms with Gasteiger partial charge in [0, 0.05) is 6.54 Å². The highest BCUT2D eigenvalue weighted by molar-refractivity contribution is 5.98. The Labute approximate surface area is 123 Å². The van der Waals surface area contributed by atoms with Crippen LogP contribution in [-0.2, 0) is 13.0 Å². The van der Waals surface area contributed by atoms with E-state index in [1.54, 1.807) is 12.3 Å². The summed E-state index contributed by atoms with van der Waals surface area (Å²) in [5.41, 5.74) is 2.67. The van der Waals surface area contributed by atoms with Crippen LogP contribution in [0.5, 0.6) is 0 Å². The predicted molar refractivity (Wildman–Crippen MR) is 81.5 cm³/mol. The van der Waals surface area contributed by atoms with E-state index < -0.39 is 0 Å². The third kappa shape index (κ3) is 2.49. The quantitative estimate of drug-likeness (QED) is 0.669. The molecule has 0 atom stereocenters. The summed E-state index contributed by atoms with van der Waals surface area (Å²) in [6.07, 6.45) is 2.86. The minimum absolute atomic E-state index is 0.0499. The molecule has 0 aliphatic heterocycles. The zero-order chi connectivity index (χ0) is 14.8. The molecular formula is C17H18N2O2. The number of nitrogens with zero attached hydrogens (tertiary/aromatic N) is 2. The van der Waals surface area contributed by atoms with E-state index in [1.807, 2.05) is 25.1 Å². The van der Waals surface area contributed by atoms with Gasteiger partial charge in [-0.15, -0.1) is 0 Å². The summed E-state index contributed by atoms with van der Waals surface area (Å²) < 4.78 is 7.35. The van der Waals surface area contributed by atoms with Crippen LogP contribution in [0.25, 0.3) is 11.0 Å². The maximum absolute atomic E-state index is 12.4. The molecule has 3 rings (SSSR count). The number of hydrogen-bond donors (Lipinski definition) is 0. The van der Waals surface area contributed by atoms with Crippen LogP contribution >= 0.6 is 0 Å². The first-order valence-electron chi connectivity index (χ1n) is 7.22. The van der Waals surface area contributed by atoms with Crippen molar-refractivity contribution in [3.63, 3.8) is 0 Å². The number of furan rings is 1. The van der Waals surface area contributed by atoms with Crippen LogP contribution in [0.1, 0.15) is 35.3 Å². The van der Waals surface area contributed by atoms with Crippen molar-refractivity contribution in [3.8, 4) is 0 Å². The number of benzene rings is 1. The lowest BCUT2D eigenvalue weighted by atomic mass is 10.1. The second kappa shape index (κ2) is 5.56. The fraction of sp³-hybridized carbons (Fsp3) is 0.294. The number of para-hydroxylation sites is 2. The molecule has 0 amide bonds. The van der Waals surface area contributed by atoms with E-state index >= 15 is 0 Å². The number of carbonyl (C=O) groups excluding carboxylic acids is 1. The van der Waals surface area contributed by atoms with Crippen molar-refractivity contribution < 1.29 is 9.21 Å². The summed E-state index contributed by atoms with van der Waals surface area (Å²) in [6.45, 7) is 4.80. The van der Waals surface area contributed by atoms with Gasteiger partial charge in [-0.2, -0.15) is 0 Å². The standard InChI is InChI=1S/C17H18N2O2/c1-3-9-19-15-7-5-4-6-14(15)18-17(19)11-16(20)13-8-10-21-12(13)2/h4-8,10H,3,9,11H2,1-2H3. The summed E-state index contributed by atoms with van der Waals surface area (Å²) in [5, 5.41) is 0. The van der Waals surface area contributed by atoms with Gasteiger partial charge in [0.25, 0.3) is 0 Å². The summed E-state index contributed by atoms with van der Waals surface area (Å²) in [4.78, 5) is 17.0. The molecule has 0 saturated carbocycles. The van der Waals surface area contributed by atoms with Crippen LogP contribution in [0.15, 0.2) is 41.0 Å². The molecule has 0 N–H and O–H groups in total. The Morgan fingerprint density at radius 2 is 2.10 bits per heavy atom. The fourth-order valence-corrected chi connectivity index (χ4v) is 2.65. The van der Waals surface area contributed by atoms with E-state index in [9.17, 15) is 4.79 Å². The molecule has 2 aromatic heterocycles. The van der Waals surface area contributed by atoms with Crippen LogP contribution in [0.3, 0.4) is 0 Å². The van der Waals surface area contributed by atoms with Gasteiger partial charge >= 0.3 is 0 Å². The topological polar surface area (TPSA) is 48.0 Å². The molecule has 0 spiro atoms. The van der Waals surface area contributed by atoms with Crippen LogP contribution in [-0.4, -0.2) is 15.3 Å². The maximum Gasteiger partial charge on any atom is 0.173 e. The minimum Gasteiger partial charge on any atom is -0.469 e. The Morgan fingerprint density at radius 3 is 2.81 bits per heavy atom. The van der Waals surface area contributed by atoms with Gasteiger partial charge in [0.1, 0.15) is 11.6 Å². The van der Waals surface area contributed by atoms with Gasteiger partial charge < -0.3 is 8.98 Å². The van der Waals surface area contributed by atoms with Crippen molar-refractivity contribution in [2.24, 2.45) is 0 Å². The number of aryl methyl sites for hydroxylation is 2. The fourth-order valence-electron chi connectivity index (χ4n) is 2.65. The number of imidazole rings is 1. The molecule has 4 heteroatoms. The van der Waals surface area contributed by atoms with E-state index in [2.05, 4.69) is 22.5 Å². The Bertz CT molecular complexity index is 783. The van der Waals surface area contributed by atoms with Crippen molar-refractivity contribution in [2.75, 3.05) is 0 Å². The Morgan fingerprint density at radius 1 is 1.29 bits per heavy atom. The minimum atomic E-state index is 0.0499. The monoisotopic (exact) mass is 282 g/mol. The molecular weight excluding hydrogens is 264 g/mol. The van der Waals surface area contributed by atoms with E-state index in [4.69, 9.17) is 4.42 Å². The van der Waals surface area contributed by atoms with Crippen LogP contribution < -0.4 is 0 Å². The van der Waals surface area contributed by atoms with Crippen LogP contribution in [0, 0.1) is 6.92 Å². The van der Waals surface area contributed by atoms with Crippen molar-refractivity contribution in [1.29, 1.82) is 0 Å². The number of fused-ring (bicyclic) bond motifs is 1.